The highest BCUT2D eigenvalue weighted by Crippen LogP contribution is 2.19. The molecule has 0 spiro atoms. The van der Waals surface area contributed by atoms with Crippen molar-refractivity contribution in [1.82, 2.24) is 9.62 Å². The Bertz CT molecular complexity index is 742. The number of quaternary nitrogens is 1. The summed E-state index contributed by atoms with van der Waals surface area (Å²) in [6.07, 6.45) is 3.29. The van der Waals surface area contributed by atoms with E-state index in [2.05, 4.69) is 19.2 Å². The zero-order chi connectivity index (χ0) is 21.4. The average Bonchev–Trinajstić information content (AvgIpc) is 2.68. The molecule has 0 radical (unpaired) electrons. The van der Waals surface area contributed by atoms with Crippen molar-refractivity contribution in [2.75, 3.05) is 39.8 Å². The van der Waals surface area contributed by atoms with E-state index in [1.54, 1.807) is 31.4 Å². The minimum atomic E-state index is -3.51. The van der Waals surface area contributed by atoms with Crippen molar-refractivity contribution >= 4 is 15.9 Å². The lowest BCUT2D eigenvalue weighted by atomic mass is 10.0. The van der Waals surface area contributed by atoms with Crippen LogP contribution in [0.15, 0.2) is 29.2 Å². The number of rotatable bonds is 10. The quantitative estimate of drug-likeness (QED) is 0.583. The molecule has 2 N–H and O–H groups in total. The van der Waals surface area contributed by atoms with Gasteiger partial charge in [-0.15, -0.1) is 0 Å². The minimum Gasteiger partial charge on any atom is -0.497 e. The normalized spacial score (nSPS) is 17.3. The Balaban J connectivity index is 1.78. The van der Waals surface area contributed by atoms with Crippen LogP contribution in [-0.4, -0.2) is 64.5 Å². The first kappa shape index (κ1) is 23.6. The maximum Gasteiger partial charge on any atom is 0.275 e. The molecule has 29 heavy (non-hydrogen) atoms. The molecule has 8 heteroatoms. The first-order valence-corrected chi connectivity index (χ1v) is 11.9. The van der Waals surface area contributed by atoms with Crippen LogP contribution in [0, 0.1) is 5.92 Å². The summed E-state index contributed by atoms with van der Waals surface area (Å²) in [6, 6.07) is 6.63. The fourth-order valence-corrected chi connectivity index (χ4v) is 5.02. The number of hydrogen-bond acceptors (Lipinski definition) is 4. The molecule has 1 heterocycles. The fourth-order valence-electron chi connectivity index (χ4n) is 3.57. The molecule has 0 bridgehead atoms. The van der Waals surface area contributed by atoms with Crippen molar-refractivity contribution in [3.63, 3.8) is 0 Å². The van der Waals surface area contributed by atoms with Gasteiger partial charge in [-0.1, -0.05) is 26.7 Å². The van der Waals surface area contributed by atoms with Crippen LogP contribution in [0.1, 0.15) is 40.0 Å². The summed E-state index contributed by atoms with van der Waals surface area (Å²) in [5.74, 6) is 1.36. The molecule has 1 saturated heterocycles. The van der Waals surface area contributed by atoms with Gasteiger partial charge in [-0.3, -0.25) is 4.79 Å². The minimum absolute atomic E-state index is 0.0449. The van der Waals surface area contributed by atoms with Gasteiger partial charge in [-0.2, -0.15) is 4.31 Å². The second-order valence-electron chi connectivity index (χ2n) is 8.30. The Labute approximate surface area is 175 Å². The number of nitrogens with zero attached hydrogens (tertiary/aromatic N) is 1. The van der Waals surface area contributed by atoms with Gasteiger partial charge in [0.1, 0.15) is 5.75 Å². The molecular weight excluding hydrogens is 390 g/mol. The van der Waals surface area contributed by atoms with Crippen molar-refractivity contribution in [3.8, 4) is 5.75 Å². The van der Waals surface area contributed by atoms with Crippen molar-refractivity contribution in [1.29, 1.82) is 0 Å². The predicted octanol–water partition coefficient (Wildman–Crippen LogP) is 0.915. The summed E-state index contributed by atoms with van der Waals surface area (Å²) in [5, 5.41) is 3.08. The van der Waals surface area contributed by atoms with Gasteiger partial charge >= 0.3 is 0 Å². The maximum atomic E-state index is 12.8. The van der Waals surface area contributed by atoms with E-state index < -0.39 is 10.0 Å². The van der Waals surface area contributed by atoms with E-state index >= 15 is 0 Å². The third-order valence-electron chi connectivity index (χ3n) is 5.36. The van der Waals surface area contributed by atoms with Gasteiger partial charge in [0.25, 0.3) is 5.91 Å². The molecule has 164 valence electrons. The Morgan fingerprint density at radius 2 is 1.76 bits per heavy atom. The number of methoxy groups -OCH3 is 1. The van der Waals surface area contributed by atoms with Gasteiger partial charge < -0.3 is 15.0 Å². The Kier molecular flexibility index (Phi) is 8.92. The van der Waals surface area contributed by atoms with E-state index in [1.807, 2.05) is 6.92 Å². The third kappa shape index (κ3) is 7.28. The Morgan fingerprint density at radius 1 is 1.14 bits per heavy atom. The van der Waals surface area contributed by atoms with E-state index in [4.69, 9.17) is 4.74 Å². The van der Waals surface area contributed by atoms with Gasteiger partial charge in [0.15, 0.2) is 6.54 Å². The third-order valence-corrected chi connectivity index (χ3v) is 7.28. The number of amides is 1. The van der Waals surface area contributed by atoms with Crippen molar-refractivity contribution in [2.24, 2.45) is 5.92 Å². The van der Waals surface area contributed by atoms with Crippen LogP contribution >= 0.6 is 0 Å². The zero-order valence-corrected chi connectivity index (χ0v) is 18.9. The number of piperazine rings is 1. The van der Waals surface area contributed by atoms with Crippen LogP contribution in [0.5, 0.6) is 5.75 Å². The molecule has 2 rings (SSSR count). The molecule has 1 amide bonds. The van der Waals surface area contributed by atoms with E-state index in [9.17, 15) is 13.2 Å². The lowest BCUT2D eigenvalue weighted by Crippen LogP contribution is -3.15. The monoisotopic (exact) mass is 426 g/mol. The highest BCUT2D eigenvalue weighted by Gasteiger charge is 2.31. The first-order chi connectivity index (χ1) is 13.7. The summed E-state index contributed by atoms with van der Waals surface area (Å²) >= 11 is 0. The van der Waals surface area contributed by atoms with Crippen LogP contribution in [-0.2, 0) is 14.8 Å². The fraction of sp³-hybridized carbons (Fsp3) is 0.667. The molecule has 7 nitrogen and oxygen atoms in total. The molecule has 0 saturated carbocycles. The summed E-state index contributed by atoms with van der Waals surface area (Å²) in [4.78, 5) is 13.7. The number of carbonyl (C=O) groups excluding carboxylic acids is 1. The predicted molar refractivity (Wildman–Crippen MR) is 114 cm³/mol. The number of carbonyl (C=O) groups is 1. The second-order valence-corrected chi connectivity index (χ2v) is 10.2. The molecule has 0 aromatic heterocycles. The van der Waals surface area contributed by atoms with Crippen LogP contribution in [0.25, 0.3) is 0 Å². The Hall–Kier alpha value is -1.64. The van der Waals surface area contributed by atoms with Crippen molar-refractivity contribution in [3.05, 3.63) is 24.3 Å². The van der Waals surface area contributed by atoms with Crippen LogP contribution in [0.2, 0.25) is 0 Å². The number of hydrogen-bond donors (Lipinski definition) is 2. The number of ether oxygens (including phenoxy) is 1. The molecule has 1 aromatic rings. The Morgan fingerprint density at radius 3 is 2.31 bits per heavy atom. The average molecular weight is 427 g/mol. The molecule has 1 aromatic carbocycles. The van der Waals surface area contributed by atoms with E-state index in [1.165, 1.54) is 10.7 Å². The van der Waals surface area contributed by atoms with Crippen LogP contribution in [0.3, 0.4) is 0 Å². The second kappa shape index (κ2) is 10.9. The lowest BCUT2D eigenvalue weighted by molar-refractivity contribution is -0.895. The smallest absolute Gasteiger partial charge is 0.275 e. The maximum absolute atomic E-state index is 12.8. The SMILES string of the molecule is COc1ccc(S(=O)(=O)N2CC[NH+](CC(=O)N[C@@H](C)CCCC(C)C)CC2)cc1. The number of nitrogens with one attached hydrogen (secondary N) is 2. The standard InChI is InChI=1S/C21H35N3O4S/c1-17(2)6-5-7-18(3)22-21(25)16-23-12-14-24(15-13-23)29(26,27)20-10-8-19(28-4)9-11-20/h8-11,17-18H,5-7,12-16H2,1-4H3,(H,22,25)/p+1/t18-/m0/s1. The summed E-state index contributed by atoms with van der Waals surface area (Å²) in [5.41, 5.74) is 0. The summed E-state index contributed by atoms with van der Waals surface area (Å²) < 4.78 is 32.2. The molecule has 1 aliphatic rings. The van der Waals surface area contributed by atoms with Crippen LogP contribution < -0.4 is 15.0 Å². The number of sulfonamides is 1. The number of benzene rings is 1. The van der Waals surface area contributed by atoms with Gasteiger partial charge in [0.2, 0.25) is 10.0 Å². The largest absolute Gasteiger partial charge is 0.497 e. The van der Waals surface area contributed by atoms with Gasteiger partial charge in [-0.25, -0.2) is 8.42 Å². The van der Waals surface area contributed by atoms with Gasteiger partial charge in [-0.05, 0) is 43.5 Å². The summed E-state index contributed by atoms with van der Waals surface area (Å²) in [6.45, 7) is 8.96. The molecule has 1 fully saturated rings. The molecule has 1 atom stereocenters. The van der Waals surface area contributed by atoms with E-state index in [-0.39, 0.29) is 16.8 Å². The topological polar surface area (TPSA) is 80.2 Å². The molecule has 0 unspecified atom stereocenters. The highest BCUT2D eigenvalue weighted by atomic mass is 32.2. The summed E-state index contributed by atoms with van der Waals surface area (Å²) in [7, 11) is -1.96. The molecular formula is C21H36N3O4S+. The van der Waals surface area contributed by atoms with Crippen molar-refractivity contribution < 1.29 is 22.8 Å². The van der Waals surface area contributed by atoms with Gasteiger partial charge in [0.05, 0.1) is 38.2 Å². The van der Waals surface area contributed by atoms with Gasteiger partial charge in [0, 0.05) is 6.04 Å². The molecule has 0 aliphatic carbocycles. The molecule has 1 aliphatic heterocycles. The first-order valence-electron chi connectivity index (χ1n) is 10.5. The van der Waals surface area contributed by atoms with E-state index in [0.29, 0.717) is 44.4 Å². The van der Waals surface area contributed by atoms with Crippen LogP contribution in [0.4, 0.5) is 0 Å². The van der Waals surface area contributed by atoms with Crippen molar-refractivity contribution in [2.45, 2.75) is 51.0 Å². The lowest BCUT2D eigenvalue weighted by Gasteiger charge is -2.31. The van der Waals surface area contributed by atoms with E-state index in [0.717, 1.165) is 17.7 Å². The highest BCUT2D eigenvalue weighted by molar-refractivity contribution is 7.89. The zero-order valence-electron chi connectivity index (χ0n) is 18.1.